The molecule has 6 fully saturated rings. The van der Waals surface area contributed by atoms with E-state index < -0.39 is 97.1 Å². The molecule has 0 spiro atoms. The summed E-state index contributed by atoms with van der Waals surface area (Å²) in [6.45, 7) is 8.49. The Hall–Kier alpha value is -2.99. The van der Waals surface area contributed by atoms with Crippen molar-refractivity contribution in [3.63, 3.8) is 0 Å². The molecule has 0 aromatic carbocycles. The van der Waals surface area contributed by atoms with Crippen molar-refractivity contribution in [3.8, 4) is 0 Å². The van der Waals surface area contributed by atoms with Crippen LogP contribution in [-0.2, 0) is 71.4 Å². The highest BCUT2D eigenvalue weighted by Gasteiger charge is 2.56. The smallest absolute Gasteiger partial charge is 0.303 e. The van der Waals surface area contributed by atoms with Crippen LogP contribution in [0, 0.1) is 17.8 Å². The maximum atomic E-state index is 12.7. The highest BCUT2D eigenvalue weighted by molar-refractivity contribution is 8.00. The van der Waals surface area contributed by atoms with E-state index in [1.54, 1.807) is 6.92 Å². The number of thioether (sulfide) groups is 1. The van der Waals surface area contributed by atoms with E-state index in [-0.39, 0.29) is 13.2 Å². The summed E-state index contributed by atoms with van der Waals surface area (Å²) in [7, 11) is 0. The number of ether oxygens (including phenoxy) is 9. The number of esters is 5. The second-order valence-electron chi connectivity index (χ2n) is 15.4. The van der Waals surface area contributed by atoms with Crippen molar-refractivity contribution >= 4 is 47.5 Å². The van der Waals surface area contributed by atoms with Crippen LogP contribution in [0.2, 0.25) is 0 Å². The van der Waals surface area contributed by atoms with Crippen LogP contribution >= 0.6 is 11.8 Å². The topological polar surface area (TPSA) is 198 Å². The molecule has 10 atom stereocenters. The first-order chi connectivity index (χ1) is 25.5. The zero-order chi connectivity index (χ0) is 39.3. The second kappa shape index (κ2) is 18.3. The van der Waals surface area contributed by atoms with Gasteiger partial charge in [-0.05, 0) is 75.4 Å². The van der Waals surface area contributed by atoms with E-state index in [9.17, 15) is 28.8 Å². The molecule has 6 rings (SSSR count). The molecule has 2 heterocycles. The summed E-state index contributed by atoms with van der Waals surface area (Å²) in [6, 6.07) is -1.15. The molecule has 1 amide bonds. The molecule has 0 aromatic heterocycles. The van der Waals surface area contributed by atoms with Crippen LogP contribution in [0.4, 0.5) is 0 Å². The summed E-state index contributed by atoms with van der Waals surface area (Å²) in [6.07, 6.45) is -3.03. The zero-order valence-electron chi connectivity index (χ0n) is 32.1. The number of rotatable bonds is 15. The van der Waals surface area contributed by atoms with Gasteiger partial charge < -0.3 is 47.9 Å². The van der Waals surface area contributed by atoms with Crippen LogP contribution in [-0.4, -0.2) is 121 Å². The Bertz CT molecular complexity index is 1360. The van der Waals surface area contributed by atoms with E-state index in [0.717, 1.165) is 44.3 Å². The first-order valence-corrected chi connectivity index (χ1v) is 19.8. The summed E-state index contributed by atoms with van der Waals surface area (Å²) >= 11 is 2.03. The molecule has 17 heteroatoms. The Morgan fingerprint density at radius 2 is 1.20 bits per heavy atom. The lowest BCUT2D eigenvalue weighted by Crippen LogP contribution is -2.69. The number of hydrogen-bond donors (Lipinski definition) is 1. The number of carbonyl (C=O) groups is 6. The zero-order valence-corrected chi connectivity index (χ0v) is 32.9. The molecule has 4 saturated carbocycles. The van der Waals surface area contributed by atoms with Crippen LogP contribution in [0.15, 0.2) is 0 Å². The van der Waals surface area contributed by atoms with Gasteiger partial charge in [0.25, 0.3) is 0 Å². The standard InChI is InChI=1S/C37H55NO15S/c1-18-30(48-21(4)41)33(50-23(6)43)34(51-24(7)44)36(47-18)53-32-29(38-19(2)39)35(52-28(17-46-20(3)40)31(32)49-22(5)42)45-9-8-10-54-37-14-25-11-26(15-37)13-27(12-25)16-37/h18,25-36H,8-17H2,1-7H3,(H,38,39)/t18?,25?,26?,27?,28?,29?,30-,31-,32+,33-,34?,35+,36-,37?/m0/s1. The van der Waals surface area contributed by atoms with E-state index >= 15 is 0 Å². The quantitative estimate of drug-likeness (QED) is 0.144. The fourth-order valence-electron chi connectivity index (χ4n) is 9.25. The predicted molar refractivity (Wildman–Crippen MR) is 188 cm³/mol. The Labute approximate surface area is 320 Å². The van der Waals surface area contributed by atoms with Crippen LogP contribution in [0.3, 0.4) is 0 Å². The molecule has 0 radical (unpaired) electrons. The molecule has 304 valence electrons. The van der Waals surface area contributed by atoms with Gasteiger partial charge in [0.1, 0.15) is 24.9 Å². The van der Waals surface area contributed by atoms with Crippen LogP contribution in [0.1, 0.15) is 93.4 Å². The lowest BCUT2D eigenvalue weighted by Gasteiger charge is -2.56. The SMILES string of the molecule is CC(=O)NC1[C@H](OCCCSC23CC4CC(CC(C4)C2)C3)OC(COC(C)=O)[C@H](OC(C)=O)[C@@H]1O[C@@H]1OC(C)[C@H](OC(C)=O)[C@H](OC(C)=O)C1OC(C)=O. The van der Waals surface area contributed by atoms with E-state index in [1.165, 1.54) is 59.3 Å². The van der Waals surface area contributed by atoms with E-state index in [2.05, 4.69) is 5.32 Å². The van der Waals surface area contributed by atoms with Gasteiger partial charge in [-0.2, -0.15) is 11.8 Å². The largest absolute Gasteiger partial charge is 0.463 e. The average molecular weight is 786 g/mol. The summed E-state index contributed by atoms with van der Waals surface area (Å²) in [4.78, 5) is 73.9. The molecule has 2 aliphatic heterocycles. The first-order valence-electron chi connectivity index (χ1n) is 18.8. The molecule has 6 aliphatic rings. The Kier molecular flexibility index (Phi) is 14.3. The third kappa shape index (κ3) is 10.9. The van der Waals surface area contributed by atoms with E-state index in [1.807, 2.05) is 11.8 Å². The average Bonchev–Trinajstić information content (AvgIpc) is 3.04. The second-order valence-corrected chi connectivity index (χ2v) is 16.9. The van der Waals surface area contributed by atoms with E-state index in [4.69, 9.17) is 42.6 Å². The molecule has 16 nitrogen and oxygen atoms in total. The Morgan fingerprint density at radius 1 is 0.667 bits per heavy atom. The minimum Gasteiger partial charge on any atom is -0.463 e. The van der Waals surface area contributed by atoms with Gasteiger partial charge in [0.15, 0.2) is 37.0 Å². The van der Waals surface area contributed by atoms with Gasteiger partial charge in [-0.3, -0.25) is 28.8 Å². The lowest BCUT2D eigenvalue weighted by atomic mass is 9.56. The van der Waals surface area contributed by atoms with Crippen molar-refractivity contribution in [2.24, 2.45) is 17.8 Å². The maximum Gasteiger partial charge on any atom is 0.303 e. The normalized spacial score (nSPS) is 38.2. The third-order valence-electron chi connectivity index (χ3n) is 10.7. The predicted octanol–water partition coefficient (Wildman–Crippen LogP) is 2.74. The highest BCUT2D eigenvalue weighted by Crippen LogP contribution is 2.60. The fourth-order valence-corrected chi connectivity index (χ4v) is 11.0. The third-order valence-corrected chi connectivity index (χ3v) is 12.3. The summed E-state index contributed by atoms with van der Waals surface area (Å²) in [5, 5.41) is 2.80. The van der Waals surface area contributed by atoms with Crippen LogP contribution < -0.4 is 5.32 Å². The fraction of sp³-hybridized carbons (Fsp3) is 0.838. The van der Waals surface area contributed by atoms with Crippen molar-refractivity contribution in [1.29, 1.82) is 0 Å². The lowest BCUT2D eigenvalue weighted by molar-refractivity contribution is -0.343. The first kappa shape index (κ1) is 42.2. The van der Waals surface area contributed by atoms with Crippen molar-refractivity contribution < 1.29 is 71.4 Å². The number of carbonyl (C=O) groups excluding carboxylic acids is 6. The number of amides is 1. The molecular formula is C37H55NO15S. The van der Waals surface area contributed by atoms with Gasteiger partial charge in [0, 0.05) is 46.3 Å². The van der Waals surface area contributed by atoms with Gasteiger partial charge in [-0.25, -0.2) is 0 Å². The minimum absolute atomic E-state index is 0.247. The molecular weight excluding hydrogens is 730 g/mol. The summed E-state index contributed by atoms with van der Waals surface area (Å²) < 4.78 is 53.1. The molecule has 4 bridgehead atoms. The van der Waals surface area contributed by atoms with Gasteiger partial charge in [-0.15, -0.1) is 0 Å². The van der Waals surface area contributed by atoms with E-state index in [0.29, 0.717) is 11.2 Å². The highest BCUT2D eigenvalue weighted by atomic mass is 32.2. The minimum atomic E-state index is -1.54. The van der Waals surface area contributed by atoms with Crippen molar-refractivity contribution in [2.75, 3.05) is 19.0 Å². The Morgan fingerprint density at radius 3 is 1.74 bits per heavy atom. The molecule has 54 heavy (non-hydrogen) atoms. The maximum absolute atomic E-state index is 12.7. The van der Waals surface area contributed by atoms with Gasteiger partial charge in [-0.1, -0.05) is 0 Å². The summed E-state index contributed by atoms with van der Waals surface area (Å²) in [5.74, 6) is -0.762. The summed E-state index contributed by atoms with van der Waals surface area (Å²) in [5.41, 5.74) is 0. The molecule has 4 unspecified atom stereocenters. The molecule has 4 aliphatic carbocycles. The van der Waals surface area contributed by atoms with Crippen molar-refractivity contribution in [2.45, 2.75) is 160 Å². The number of nitrogens with one attached hydrogen (secondary N) is 1. The molecule has 0 aromatic rings. The van der Waals surface area contributed by atoms with Crippen molar-refractivity contribution in [1.82, 2.24) is 5.32 Å². The molecule has 2 saturated heterocycles. The van der Waals surface area contributed by atoms with Crippen molar-refractivity contribution in [3.05, 3.63) is 0 Å². The van der Waals surface area contributed by atoms with Crippen LogP contribution in [0.25, 0.3) is 0 Å². The monoisotopic (exact) mass is 785 g/mol. The number of hydrogen-bond acceptors (Lipinski definition) is 16. The van der Waals surface area contributed by atoms with Gasteiger partial charge >= 0.3 is 29.8 Å². The molecule has 1 N–H and O–H groups in total. The Balaban J connectivity index is 1.39. The van der Waals surface area contributed by atoms with Gasteiger partial charge in [0.05, 0.1) is 12.7 Å². The van der Waals surface area contributed by atoms with Gasteiger partial charge in [0.2, 0.25) is 5.91 Å². The van der Waals surface area contributed by atoms with Crippen LogP contribution in [0.5, 0.6) is 0 Å².